The van der Waals surface area contributed by atoms with Gasteiger partial charge in [-0.2, -0.15) is 5.26 Å². The molecule has 2 aliphatic rings. The second-order valence-corrected chi connectivity index (χ2v) is 5.66. The number of rotatable bonds is 3. The average Bonchev–Trinajstić information content (AvgIpc) is 2.42. The molecule has 1 heterocycles. The van der Waals surface area contributed by atoms with Crippen molar-refractivity contribution in [3.8, 4) is 6.07 Å². The molecule has 2 N–H and O–H groups in total. The molecule has 1 aliphatic carbocycles. The minimum atomic E-state index is -0.00867. The van der Waals surface area contributed by atoms with Gasteiger partial charge < -0.3 is 10.6 Å². The van der Waals surface area contributed by atoms with Crippen LogP contribution in [0.2, 0.25) is 0 Å². The van der Waals surface area contributed by atoms with Crippen LogP contribution in [0.15, 0.2) is 0 Å². The van der Waals surface area contributed by atoms with E-state index in [0.717, 1.165) is 38.8 Å². The molecule has 2 rings (SSSR count). The first-order valence-corrected chi connectivity index (χ1v) is 7.44. The van der Waals surface area contributed by atoms with Crippen molar-refractivity contribution in [1.29, 1.82) is 5.26 Å². The number of hydrogen-bond donors (Lipinski definition) is 2. The van der Waals surface area contributed by atoms with Crippen LogP contribution >= 0.6 is 0 Å². The maximum absolute atomic E-state index is 11.9. The van der Waals surface area contributed by atoms with Crippen molar-refractivity contribution < 1.29 is 4.79 Å². The number of hydrogen-bond acceptors (Lipinski definition) is 3. The molecule has 0 aromatic carbocycles. The first kappa shape index (κ1) is 14.1. The van der Waals surface area contributed by atoms with E-state index in [1.54, 1.807) is 0 Å². The van der Waals surface area contributed by atoms with Gasteiger partial charge in [0.25, 0.3) is 0 Å². The summed E-state index contributed by atoms with van der Waals surface area (Å²) in [6.45, 7) is 2.31. The maximum atomic E-state index is 11.9. The molecule has 0 atom stereocenters. The van der Waals surface area contributed by atoms with Crippen LogP contribution in [0, 0.1) is 11.3 Å². The summed E-state index contributed by atoms with van der Waals surface area (Å²) in [4.78, 5) is 14.0. The normalized spacial score (nSPS) is 22.7. The number of piperidine rings is 1. The molecule has 0 radical (unpaired) electrons. The Morgan fingerprint density at radius 2 is 1.63 bits per heavy atom. The molecule has 0 bridgehead atoms. The predicted octanol–water partition coefficient (Wildman–Crippen LogP) is 1.61. The summed E-state index contributed by atoms with van der Waals surface area (Å²) < 4.78 is 0. The third-order valence-corrected chi connectivity index (χ3v) is 4.16. The summed E-state index contributed by atoms with van der Waals surface area (Å²) in [5, 5.41) is 14.8. The second kappa shape index (κ2) is 7.34. The molecule has 2 fully saturated rings. The first-order chi connectivity index (χ1) is 9.28. The number of likely N-dealkylation sites (tertiary alicyclic amines) is 1. The minimum absolute atomic E-state index is 0.00867. The summed E-state index contributed by atoms with van der Waals surface area (Å²) >= 11 is 0. The summed E-state index contributed by atoms with van der Waals surface area (Å²) in [6.07, 6.45) is 7.90. The largest absolute Gasteiger partial charge is 0.335 e. The molecule has 2 amide bonds. The van der Waals surface area contributed by atoms with E-state index in [-0.39, 0.29) is 12.1 Å². The zero-order chi connectivity index (χ0) is 13.5. The van der Waals surface area contributed by atoms with Crippen molar-refractivity contribution in [3.63, 3.8) is 0 Å². The summed E-state index contributed by atoms with van der Waals surface area (Å²) in [7, 11) is 0. The lowest BCUT2D eigenvalue weighted by Gasteiger charge is -2.31. The summed E-state index contributed by atoms with van der Waals surface area (Å²) in [5.74, 6) is 0. The highest BCUT2D eigenvalue weighted by molar-refractivity contribution is 5.74. The van der Waals surface area contributed by atoms with Gasteiger partial charge in [-0.1, -0.05) is 19.3 Å². The van der Waals surface area contributed by atoms with Crippen molar-refractivity contribution in [2.75, 3.05) is 19.6 Å². The third-order valence-electron chi connectivity index (χ3n) is 4.16. The van der Waals surface area contributed by atoms with E-state index in [9.17, 15) is 4.79 Å². The van der Waals surface area contributed by atoms with E-state index in [1.165, 1.54) is 19.3 Å². The van der Waals surface area contributed by atoms with E-state index in [2.05, 4.69) is 21.6 Å². The molecule has 5 heteroatoms. The summed E-state index contributed by atoms with van der Waals surface area (Å²) in [6, 6.07) is 2.80. The number of nitrogens with one attached hydrogen (secondary N) is 2. The van der Waals surface area contributed by atoms with Crippen molar-refractivity contribution in [2.45, 2.75) is 57.0 Å². The quantitative estimate of drug-likeness (QED) is 0.761. The molecule has 0 aromatic rings. The smallest absolute Gasteiger partial charge is 0.315 e. The van der Waals surface area contributed by atoms with Crippen LogP contribution in [-0.2, 0) is 0 Å². The van der Waals surface area contributed by atoms with Gasteiger partial charge in [0.2, 0.25) is 0 Å². The summed E-state index contributed by atoms with van der Waals surface area (Å²) in [5.41, 5.74) is 0. The molecule has 0 aromatic heterocycles. The SMILES string of the molecule is N#CCN1CCC(NC(=O)NC2CCCCC2)CC1. The van der Waals surface area contributed by atoms with E-state index < -0.39 is 0 Å². The van der Waals surface area contributed by atoms with Crippen molar-refractivity contribution in [3.05, 3.63) is 0 Å². The number of amides is 2. The molecule has 106 valence electrons. The number of nitriles is 1. The van der Waals surface area contributed by atoms with Gasteiger partial charge in [0, 0.05) is 25.2 Å². The van der Waals surface area contributed by atoms with E-state index >= 15 is 0 Å². The van der Waals surface area contributed by atoms with Gasteiger partial charge in [-0.15, -0.1) is 0 Å². The Kier molecular flexibility index (Phi) is 5.46. The molecule has 1 saturated heterocycles. The van der Waals surface area contributed by atoms with Gasteiger partial charge in [0.05, 0.1) is 12.6 Å². The number of urea groups is 1. The van der Waals surface area contributed by atoms with Gasteiger partial charge in [-0.25, -0.2) is 4.79 Å². The fourth-order valence-corrected chi connectivity index (χ4v) is 2.99. The molecule has 0 spiro atoms. The highest BCUT2D eigenvalue weighted by Crippen LogP contribution is 2.17. The Labute approximate surface area is 115 Å². The zero-order valence-corrected chi connectivity index (χ0v) is 11.5. The fraction of sp³-hybridized carbons (Fsp3) is 0.857. The Morgan fingerprint density at radius 1 is 1.05 bits per heavy atom. The predicted molar refractivity (Wildman–Crippen MR) is 73.6 cm³/mol. The zero-order valence-electron chi connectivity index (χ0n) is 11.5. The first-order valence-electron chi connectivity index (χ1n) is 7.44. The highest BCUT2D eigenvalue weighted by atomic mass is 16.2. The minimum Gasteiger partial charge on any atom is -0.335 e. The average molecular weight is 264 g/mol. The highest BCUT2D eigenvalue weighted by Gasteiger charge is 2.21. The Balaban J connectivity index is 1.64. The van der Waals surface area contributed by atoms with Crippen LogP contribution in [0.1, 0.15) is 44.9 Å². The maximum Gasteiger partial charge on any atom is 0.315 e. The lowest BCUT2D eigenvalue weighted by atomic mass is 9.96. The standard InChI is InChI=1S/C14H24N4O/c15-8-11-18-9-6-13(7-10-18)17-14(19)16-12-4-2-1-3-5-12/h12-13H,1-7,9-11H2,(H2,16,17,19). The fourth-order valence-electron chi connectivity index (χ4n) is 2.99. The second-order valence-electron chi connectivity index (χ2n) is 5.66. The number of nitrogens with zero attached hydrogens (tertiary/aromatic N) is 2. The third kappa shape index (κ3) is 4.71. The Hall–Kier alpha value is -1.28. The van der Waals surface area contributed by atoms with E-state index in [0.29, 0.717) is 12.6 Å². The van der Waals surface area contributed by atoms with Gasteiger partial charge in [-0.3, -0.25) is 4.90 Å². The van der Waals surface area contributed by atoms with Gasteiger partial charge in [-0.05, 0) is 25.7 Å². The van der Waals surface area contributed by atoms with Crippen LogP contribution in [0.5, 0.6) is 0 Å². The van der Waals surface area contributed by atoms with Crippen molar-refractivity contribution in [1.82, 2.24) is 15.5 Å². The number of carbonyl (C=O) groups is 1. The topological polar surface area (TPSA) is 68.2 Å². The monoisotopic (exact) mass is 264 g/mol. The molecular weight excluding hydrogens is 240 g/mol. The van der Waals surface area contributed by atoms with Crippen LogP contribution in [0.4, 0.5) is 4.79 Å². The molecule has 5 nitrogen and oxygen atoms in total. The van der Waals surface area contributed by atoms with E-state index in [1.807, 2.05) is 0 Å². The van der Waals surface area contributed by atoms with E-state index in [4.69, 9.17) is 5.26 Å². The Bertz CT molecular complexity index is 325. The Morgan fingerprint density at radius 3 is 2.21 bits per heavy atom. The van der Waals surface area contributed by atoms with Gasteiger partial charge in [0.1, 0.15) is 0 Å². The molecule has 1 aliphatic heterocycles. The van der Waals surface area contributed by atoms with Gasteiger partial charge >= 0.3 is 6.03 Å². The van der Waals surface area contributed by atoms with Crippen LogP contribution in [0.3, 0.4) is 0 Å². The molecule has 19 heavy (non-hydrogen) atoms. The van der Waals surface area contributed by atoms with Crippen LogP contribution in [-0.4, -0.2) is 42.6 Å². The molecule has 1 saturated carbocycles. The molecule has 0 unspecified atom stereocenters. The number of carbonyl (C=O) groups excluding carboxylic acids is 1. The lowest BCUT2D eigenvalue weighted by molar-refractivity contribution is 0.201. The van der Waals surface area contributed by atoms with Crippen LogP contribution < -0.4 is 10.6 Å². The van der Waals surface area contributed by atoms with Crippen molar-refractivity contribution >= 4 is 6.03 Å². The lowest BCUT2D eigenvalue weighted by Crippen LogP contribution is -2.50. The van der Waals surface area contributed by atoms with Crippen molar-refractivity contribution in [2.24, 2.45) is 0 Å². The molecular formula is C14H24N4O. The van der Waals surface area contributed by atoms with Gasteiger partial charge in [0.15, 0.2) is 0 Å². The van der Waals surface area contributed by atoms with Crippen LogP contribution in [0.25, 0.3) is 0 Å².